The summed E-state index contributed by atoms with van der Waals surface area (Å²) >= 11 is 0. The lowest BCUT2D eigenvalue weighted by Gasteiger charge is -2.29. The fourth-order valence-electron chi connectivity index (χ4n) is 7.13. The molecule has 74 heavy (non-hydrogen) atoms. The van der Waals surface area contributed by atoms with Crippen LogP contribution in [-0.4, -0.2) is 101 Å². The summed E-state index contributed by atoms with van der Waals surface area (Å²) in [6, 6.07) is 6.90. The maximum Gasteiger partial charge on any atom is 0.306 e. The highest BCUT2D eigenvalue weighted by Crippen LogP contribution is 2.29. The third-order valence-electron chi connectivity index (χ3n) is 11.0. The van der Waals surface area contributed by atoms with Gasteiger partial charge in [-0.3, -0.25) is 28.8 Å². The van der Waals surface area contributed by atoms with Crippen molar-refractivity contribution in [1.29, 1.82) is 0 Å². The van der Waals surface area contributed by atoms with Crippen LogP contribution in [0.25, 0.3) is 0 Å². The molecule has 2 aliphatic heterocycles. The minimum absolute atomic E-state index is 0.0639. The molecule has 4 aromatic rings. The number of hydrogen-bond donors (Lipinski definition) is 0. The lowest BCUT2D eigenvalue weighted by molar-refractivity contribution is -0.144. The van der Waals surface area contributed by atoms with Crippen molar-refractivity contribution < 1.29 is 91.6 Å². The molecule has 0 spiro atoms. The molecule has 2 heterocycles. The first-order valence-corrected chi connectivity index (χ1v) is 23.4. The number of hydrogen-bond acceptors (Lipinski definition) is 12. The first kappa shape index (κ1) is 61.6. The fraction of sp³-hybridized carbons (Fsp3) is 0.423. The van der Waals surface area contributed by atoms with Crippen LogP contribution in [0.4, 0.5) is 55.3 Å². The van der Waals surface area contributed by atoms with Crippen LogP contribution in [-0.2, 0) is 28.5 Å². The monoisotopic (exact) mass is 1060 g/mol. The Hall–Kier alpha value is -6.68. The summed E-state index contributed by atoms with van der Waals surface area (Å²) in [5.74, 6) is -16.1. The van der Waals surface area contributed by atoms with E-state index in [1.54, 1.807) is 37.5 Å². The molecular weight excluding hydrogens is 1000 g/mol. The lowest BCUT2D eigenvalue weighted by Crippen LogP contribution is -2.37. The van der Waals surface area contributed by atoms with E-state index in [0.717, 1.165) is 24.3 Å². The van der Waals surface area contributed by atoms with Gasteiger partial charge in [-0.1, -0.05) is 27.7 Å². The van der Waals surface area contributed by atoms with Gasteiger partial charge in [-0.2, -0.15) is 0 Å². The Balaban J connectivity index is 0.000000266. The number of benzene rings is 4. The number of carbonyl (C=O) groups is 6. The summed E-state index contributed by atoms with van der Waals surface area (Å²) in [6.07, 6.45) is 0.0364. The Kier molecular flexibility index (Phi) is 24.9. The van der Waals surface area contributed by atoms with Gasteiger partial charge in [0.1, 0.15) is 34.6 Å². The summed E-state index contributed by atoms with van der Waals surface area (Å²) in [5.41, 5.74) is -0.658. The van der Waals surface area contributed by atoms with Crippen molar-refractivity contribution in [1.82, 2.24) is 0 Å². The number of Topliss-reactive ketones (excluding diaryl/α,β-unsaturated/α-hetero) is 4. The molecule has 0 bridgehead atoms. The van der Waals surface area contributed by atoms with Gasteiger partial charge in [0.25, 0.3) is 0 Å². The highest BCUT2D eigenvalue weighted by atomic mass is 19.2. The standard InChI is InChI=1S/C17H21F2NO4.C13H13F3O3.C13H15F2NO2.C9H7F3O/c1-3-24-15(21)8-11(2)17(22)12-9-13(18)16(14(19)10-12)20-4-6-23-7-5-20;1-3-19-11(17)4-7(2)13(18)8-5-9(14)12(16)10(15)6-8;1-2-12(17)9-7-10(14)13(11(15)8-9)16-3-5-18-6-4-16;1-2-8(13)5-3-6(10)9(12)7(11)4-5/h9-11H,3-8H2,1-2H3;5-7H,3-4H2,1-2H3;7-8H,2-6H2,1H3;3-4H,2H2,1H3. The lowest BCUT2D eigenvalue weighted by atomic mass is 9.96. The molecule has 2 aliphatic rings. The van der Waals surface area contributed by atoms with Gasteiger partial charge < -0.3 is 28.7 Å². The molecule has 2 unspecified atom stereocenters. The Labute approximate surface area is 420 Å². The minimum Gasteiger partial charge on any atom is -0.466 e. The zero-order valence-corrected chi connectivity index (χ0v) is 41.4. The highest BCUT2D eigenvalue weighted by molar-refractivity contribution is 6.00. The quantitative estimate of drug-likeness (QED) is 0.0456. The van der Waals surface area contributed by atoms with E-state index < -0.39 is 99.3 Å². The topological polar surface area (TPSA) is 146 Å². The smallest absolute Gasteiger partial charge is 0.306 e. The van der Waals surface area contributed by atoms with Crippen LogP contribution in [0.15, 0.2) is 48.5 Å². The summed E-state index contributed by atoms with van der Waals surface area (Å²) in [4.78, 5) is 72.4. The molecule has 2 fully saturated rings. The SMILES string of the molecule is CCC(=O)c1cc(F)c(F)c(F)c1.CCC(=O)c1cc(F)c(N2CCOCC2)c(F)c1.CCOC(=O)CC(C)C(=O)c1cc(F)c(F)c(F)c1.CCOC(=O)CC(C)C(=O)c1cc(F)c(N2CCOCC2)c(F)c1. The number of morpholine rings is 2. The van der Waals surface area contributed by atoms with Gasteiger partial charge in [-0.15, -0.1) is 0 Å². The Morgan fingerprint density at radius 3 is 0.973 bits per heavy atom. The van der Waals surface area contributed by atoms with Crippen molar-refractivity contribution >= 4 is 46.4 Å². The van der Waals surface area contributed by atoms with Crippen molar-refractivity contribution in [3.05, 3.63) is 129 Å². The number of ether oxygens (including phenoxy) is 4. The molecule has 0 saturated carbocycles. The molecule has 22 heteroatoms. The fourth-order valence-corrected chi connectivity index (χ4v) is 7.13. The van der Waals surface area contributed by atoms with Crippen LogP contribution in [0, 0.1) is 70.0 Å². The zero-order chi connectivity index (χ0) is 55.4. The van der Waals surface area contributed by atoms with E-state index >= 15 is 0 Å². The van der Waals surface area contributed by atoms with E-state index in [2.05, 4.69) is 4.74 Å². The van der Waals surface area contributed by atoms with Gasteiger partial charge in [-0.05, 0) is 62.4 Å². The third-order valence-corrected chi connectivity index (χ3v) is 11.0. The first-order chi connectivity index (χ1) is 35.0. The third kappa shape index (κ3) is 17.8. The van der Waals surface area contributed by atoms with Gasteiger partial charge in [0, 0.05) is 73.1 Å². The Morgan fingerprint density at radius 1 is 0.446 bits per heavy atom. The van der Waals surface area contributed by atoms with Gasteiger partial charge >= 0.3 is 11.9 Å². The molecule has 6 rings (SSSR count). The van der Waals surface area contributed by atoms with Crippen LogP contribution in [0.5, 0.6) is 0 Å². The van der Waals surface area contributed by atoms with Crippen LogP contribution < -0.4 is 9.80 Å². The molecule has 0 aromatic heterocycles. The van der Waals surface area contributed by atoms with Crippen molar-refractivity contribution in [2.75, 3.05) is 75.6 Å². The van der Waals surface area contributed by atoms with Gasteiger partial charge in [0.05, 0.1) is 52.5 Å². The normalized spacial score (nSPS) is 13.9. The molecule has 2 atom stereocenters. The van der Waals surface area contributed by atoms with E-state index in [4.69, 9.17) is 14.2 Å². The number of esters is 2. The van der Waals surface area contributed by atoms with Crippen molar-refractivity contribution in [2.24, 2.45) is 11.8 Å². The number of ketones is 4. The summed E-state index contributed by atoms with van der Waals surface area (Å²) in [7, 11) is 0. The molecule has 404 valence electrons. The predicted octanol–water partition coefficient (Wildman–Crippen LogP) is 10.5. The van der Waals surface area contributed by atoms with Crippen molar-refractivity contribution in [3.63, 3.8) is 0 Å². The predicted molar refractivity (Wildman–Crippen MR) is 250 cm³/mol. The number of anilines is 2. The number of rotatable bonds is 16. The Bertz CT molecular complexity index is 2530. The number of halogens is 10. The first-order valence-electron chi connectivity index (χ1n) is 23.4. The molecule has 4 aromatic carbocycles. The Morgan fingerprint density at radius 2 is 0.703 bits per heavy atom. The molecule has 0 radical (unpaired) electrons. The second-order valence-corrected chi connectivity index (χ2v) is 16.4. The van der Waals surface area contributed by atoms with Crippen LogP contribution in [0.3, 0.4) is 0 Å². The summed E-state index contributed by atoms with van der Waals surface area (Å²) in [5, 5.41) is 0. The maximum atomic E-state index is 14.3. The van der Waals surface area contributed by atoms with Gasteiger partial charge in [0.15, 0.2) is 58.0 Å². The molecule has 2 saturated heterocycles. The van der Waals surface area contributed by atoms with E-state index in [9.17, 15) is 72.7 Å². The van der Waals surface area contributed by atoms with E-state index in [1.807, 2.05) is 0 Å². The maximum absolute atomic E-state index is 14.3. The molecule has 0 N–H and O–H groups in total. The van der Waals surface area contributed by atoms with Crippen molar-refractivity contribution in [2.45, 2.75) is 67.2 Å². The molecule has 0 aliphatic carbocycles. The number of nitrogens with zero attached hydrogens (tertiary/aromatic N) is 2. The summed E-state index contributed by atoms with van der Waals surface area (Å²) in [6.45, 7) is 13.3. The average molecular weight is 1060 g/mol. The second-order valence-electron chi connectivity index (χ2n) is 16.4. The average Bonchev–Trinajstić information content (AvgIpc) is 3.36. The minimum atomic E-state index is -1.63. The largest absolute Gasteiger partial charge is 0.466 e. The number of carbonyl (C=O) groups excluding carboxylic acids is 6. The summed E-state index contributed by atoms with van der Waals surface area (Å²) < 4.78 is 153. The zero-order valence-electron chi connectivity index (χ0n) is 41.4. The molecular formula is C52H56F10N2O10. The van der Waals surface area contributed by atoms with E-state index in [0.29, 0.717) is 76.9 Å². The van der Waals surface area contributed by atoms with Crippen LogP contribution in [0.1, 0.15) is 109 Å². The van der Waals surface area contributed by atoms with Crippen molar-refractivity contribution in [3.8, 4) is 0 Å². The van der Waals surface area contributed by atoms with Gasteiger partial charge in [-0.25, -0.2) is 43.9 Å². The van der Waals surface area contributed by atoms with E-state index in [1.165, 1.54) is 13.8 Å². The van der Waals surface area contributed by atoms with E-state index in [-0.39, 0.29) is 78.3 Å². The highest BCUT2D eigenvalue weighted by Gasteiger charge is 2.27. The molecule has 12 nitrogen and oxygen atoms in total. The van der Waals surface area contributed by atoms with Crippen LogP contribution >= 0.6 is 0 Å². The second kappa shape index (κ2) is 29.9. The van der Waals surface area contributed by atoms with Gasteiger partial charge in [0.2, 0.25) is 0 Å². The molecule has 0 amide bonds. The van der Waals surface area contributed by atoms with Crippen LogP contribution in [0.2, 0.25) is 0 Å².